The molecule has 1 amide bonds. The Morgan fingerprint density at radius 1 is 0.920 bits per heavy atom. The Kier molecular flexibility index (Phi) is 6.04. The molecule has 1 unspecified atom stereocenters. The first-order valence-electron chi connectivity index (χ1n) is 7.83. The predicted molar refractivity (Wildman–Crippen MR) is 104 cm³/mol. The molecular weight excluding hydrogens is 350 g/mol. The van der Waals surface area contributed by atoms with Crippen molar-refractivity contribution in [1.82, 2.24) is 5.32 Å². The minimum atomic E-state index is -0.619. The lowest BCUT2D eigenvalue weighted by Gasteiger charge is -2.17. The first-order chi connectivity index (χ1) is 12.2. The van der Waals surface area contributed by atoms with Crippen molar-refractivity contribution in [3.8, 4) is 0 Å². The Morgan fingerprint density at radius 3 is 2.24 bits per heavy atom. The van der Waals surface area contributed by atoms with E-state index in [4.69, 9.17) is 0 Å². The highest BCUT2D eigenvalue weighted by Gasteiger charge is 2.24. The summed E-state index contributed by atoms with van der Waals surface area (Å²) in [6.45, 7) is 0. The molecule has 5 heteroatoms. The molecule has 126 valence electrons. The summed E-state index contributed by atoms with van der Waals surface area (Å²) in [5, 5.41) is 4.12. The van der Waals surface area contributed by atoms with Crippen LogP contribution >= 0.6 is 23.1 Å². The number of thioether (sulfide) groups is 1. The van der Waals surface area contributed by atoms with Gasteiger partial charge in [-0.25, -0.2) is 0 Å². The molecule has 0 radical (unpaired) electrons. The fourth-order valence-electron chi connectivity index (χ4n) is 2.28. The number of nitrogens with one attached hydrogen (secondary N) is 1. The molecule has 0 aliphatic heterocycles. The van der Waals surface area contributed by atoms with Crippen LogP contribution in [0.3, 0.4) is 0 Å². The lowest BCUT2D eigenvalue weighted by molar-refractivity contribution is 0.0894. The van der Waals surface area contributed by atoms with Gasteiger partial charge in [0.1, 0.15) is 5.37 Å². The van der Waals surface area contributed by atoms with Crippen molar-refractivity contribution >= 4 is 34.8 Å². The normalized spacial score (nSPS) is 11.7. The van der Waals surface area contributed by atoms with Gasteiger partial charge in [-0.15, -0.1) is 23.1 Å². The molecule has 2 aromatic carbocycles. The summed E-state index contributed by atoms with van der Waals surface area (Å²) < 4.78 is 0. The molecule has 25 heavy (non-hydrogen) atoms. The zero-order chi connectivity index (χ0) is 17.5. The van der Waals surface area contributed by atoms with Crippen LogP contribution in [0, 0.1) is 0 Å². The lowest BCUT2D eigenvalue weighted by Crippen LogP contribution is -2.38. The Morgan fingerprint density at radius 2 is 1.60 bits per heavy atom. The molecule has 1 N–H and O–H groups in total. The van der Waals surface area contributed by atoms with E-state index < -0.39 is 5.37 Å². The third-order valence-electron chi connectivity index (χ3n) is 3.56. The second kappa shape index (κ2) is 8.65. The zero-order valence-corrected chi connectivity index (χ0v) is 15.1. The number of thiophene rings is 1. The Balaban J connectivity index is 1.74. The van der Waals surface area contributed by atoms with Gasteiger partial charge in [0.15, 0.2) is 0 Å². The molecule has 3 aromatic rings. The van der Waals surface area contributed by atoms with E-state index in [9.17, 15) is 9.59 Å². The monoisotopic (exact) mass is 367 g/mol. The van der Waals surface area contributed by atoms with E-state index in [1.54, 1.807) is 18.2 Å². The minimum absolute atomic E-state index is 0.0692. The number of rotatable bonds is 7. The molecule has 0 spiro atoms. The van der Waals surface area contributed by atoms with Gasteiger partial charge in [-0.05, 0) is 29.1 Å². The van der Waals surface area contributed by atoms with Crippen LogP contribution in [0.15, 0.2) is 78.2 Å². The highest BCUT2D eigenvalue weighted by molar-refractivity contribution is 7.99. The molecule has 3 rings (SSSR count). The lowest BCUT2D eigenvalue weighted by atomic mass is 10.2. The molecule has 0 aliphatic rings. The van der Waals surface area contributed by atoms with E-state index >= 15 is 0 Å². The molecule has 0 bridgehead atoms. The second-order valence-electron chi connectivity index (χ2n) is 5.36. The Bertz CT molecular complexity index is 817. The number of carbonyl (C=O) groups excluding carboxylic acids is 2. The highest BCUT2D eigenvalue weighted by Crippen LogP contribution is 2.22. The summed E-state index contributed by atoms with van der Waals surface area (Å²) in [6.07, 6.45) is 0. The van der Waals surface area contributed by atoms with Crippen LogP contribution in [-0.2, 0) is 5.75 Å². The molecule has 1 heterocycles. The summed E-state index contributed by atoms with van der Waals surface area (Å²) in [5.74, 6) is 0.341. The largest absolute Gasteiger partial charge is 0.333 e. The van der Waals surface area contributed by atoms with Crippen LogP contribution < -0.4 is 5.32 Å². The van der Waals surface area contributed by atoms with E-state index in [0.29, 0.717) is 16.2 Å². The maximum atomic E-state index is 12.8. The van der Waals surface area contributed by atoms with Crippen molar-refractivity contribution in [1.29, 1.82) is 0 Å². The molecule has 1 aromatic heterocycles. The summed E-state index contributed by atoms with van der Waals surface area (Å²) in [5.41, 5.74) is 1.66. The molecule has 0 saturated carbocycles. The maximum Gasteiger partial charge on any atom is 0.252 e. The van der Waals surface area contributed by atoms with Gasteiger partial charge >= 0.3 is 0 Å². The van der Waals surface area contributed by atoms with Crippen LogP contribution in [0.2, 0.25) is 0 Å². The minimum Gasteiger partial charge on any atom is -0.333 e. The highest BCUT2D eigenvalue weighted by atomic mass is 32.2. The van der Waals surface area contributed by atoms with Gasteiger partial charge in [0.2, 0.25) is 5.78 Å². The van der Waals surface area contributed by atoms with Crippen LogP contribution in [0.1, 0.15) is 25.6 Å². The summed E-state index contributed by atoms with van der Waals surface area (Å²) in [4.78, 5) is 25.9. The zero-order valence-electron chi connectivity index (χ0n) is 13.4. The van der Waals surface area contributed by atoms with Crippen molar-refractivity contribution in [2.75, 3.05) is 0 Å². The van der Waals surface area contributed by atoms with Crippen molar-refractivity contribution in [3.05, 3.63) is 94.2 Å². The van der Waals surface area contributed by atoms with Crippen LogP contribution in [-0.4, -0.2) is 17.1 Å². The molecule has 1 atom stereocenters. The number of ketones is 1. The smallest absolute Gasteiger partial charge is 0.252 e. The van der Waals surface area contributed by atoms with Gasteiger partial charge in [0, 0.05) is 11.3 Å². The van der Waals surface area contributed by atoms with Gasteiger partial charge in [0.05, 0.1) is 4.88 Å². The summed E-state index contributed by atoms with van der Waals surface area (Å²) in [7, 11) is 0. The van der Waals surface area contributed by atoms with Gasteiger partial charge in [0.25, 0.3) is 5.91 Å². The fourth-order valence-corrected chi connectivity index (χ4v) is 4.07. The standard InChI is InChI=1S/C20H17NO2S2/c22-18(17-12-7-13-24-17)20(25-14-15-8-3-1-4-9-15)21-19(23)16-10-5-2-6-11-16/h1-13,20H,14H2,(H,21,23). The molecular formula is C20H17NO2S2. The fraction of sp³-hybridized carbons (Fsp3) is 0.100. The number of Topliss-reactive ketones (excluding diaryl/α,β-unsaturated/α-hetero) is 1. The maximum absolute atomic E-state index is 12.8. The van der Waals surface area contributed by atoms with Crippen LogP contribution in [0.4, 0.5) is 0 Å². The van der Waals surface area contributed by atoms with Crippen LogP contribution in [0.5, 0.6) is 0 Å². The third kappa shape index (κ3) is 4.81. The average molecular weight is 367 g/mol. The summed E-state index contributed by atoms with van der Waals surface area (Å²) in [6, 6.07) is 22.5. The average Bonchev–Trinajstić information content (AvgIpc) is 3.20. The van der Waals surface area contributed by atoms with Gasteiger partial charge in [-0.1, -0.05) is 54.6 Å². The summed E-state index contributed by atoms with van der Waals surface area (Å²) >= 11 is 2.82. The number of hydrogen-bond donors (Lipinski definition) is 1. The molecule has 0 aliphatic carbocycles. The number of hydrogen-bond acceptors (Lipinski definition) is 4. The topological polar surface area (TPSA) is 46.2 Å². The molecule has 0 saturated heterocycles. The van der Waals surface area contributed by atoms with E-state index in [0.717, 1.165) is 5.56 Å². The molecule has 3 nitrogen and oxygen atoms in total. The van der Waals surface area contributed by atoms with E-state index in [2.05, 4.69) is 5.32 Å². The van der Waals surface area contributed by atoms with E-state index in [1.807, 2.05) is 60.0 Å². The van der Waals surface area contributed by atoms with E-state index in [-0.39, 0.29) is 11.7 Å². The number of carbonyl (C=O) groups is 2. The van der Waals surface area contributed by atoms with Crippen molar-refractivity contribution in [2.45, 2.75) is 11.1 Å². The van der Waals surface area contributed by atoms with Crippen molar-refractivity contribution in [3.63, 3.8) is 0 Å². The second-order valence-corrected chi connectivity index (χ2v) is 7.40. The predicted octanol–water partition coefficient (Wildman–Crippen LogP) is 4.62. The quantitative estimate of drug-likeness (QED) is 0.489. The van der Waals surface area contributed by atoms with Gasteiger partial charge in [-0.3, -0.25) is 9.59 Å². The van der Waals surface area contributed by atoms with E-state index in [1.165, 1.54) is 23.1 Å². The molecule has 0 fully saturated rings. The Labute approximate surface area is 155 Å². The third-order valence-corrected chi connectivity index (χ3v) is 5.61. The first kappa shape index (κ1) is 17.5. The van der Waals surface area contributed by atoms with Crippen LogP contribution in [0.25, 0.3) is 0 Å². The van der Waals surface area contributed by atoms with Gasteiger partial charge < -0.3 is 5.32 Å². The number of amides is 1. The Hall–Kier alpha value is -2.37. The van der Waals surface area contributed by atoms with Crippen molar-refractivity contribution in [2.24, 2.45) is 0 Å². The van der Waals surface area contributed by atoms with Gasteiger partial charge in [-0.2, -0.15) is 0 Å². The SMILES string of the molecule is O=C(NC(SCc1ccccc1)C(=O)c1cccs1)c1ccccc1. The number of benzene rings is 2. The van der Waals surface area contributed by atoms with Crippen molar-refractivity contribution < 1.29 is 9.59 Å². The first-order valence-corrected chi connectivity index (χ1v) is 9.76.